The van der Waals surface area contributed by atoms with Crippen LogP contribution in [0.5, 0.6) is 0 Å². The summed E-state index contributed by atoms with van der Waals surface area (Å²) in [5, 5.41) is 5.96. The third-order valence-electron chi connectivity index (χ3n) is 3.35. The highest BCUT2D eigenvalue weighted by atomic mass is 35.5. The first-order chi connectivity index (χ1) is 12.4. The Bertz CT molecular complexity index is 887. The molecule has 26 heavy (non-hydrogen) atoms. The van der Waals surface area contributed by atoms with Gasteiger partial charge >= 0.3 is 6.18 Å². The lowest BCUT2D eigenvalue weighted by atomic mass is 10.2. The zero-order valence-corrected chi connectivity index (χ0v) is 14.0. The summed E-state index contributed by atoms with van der Waals surface area (Å²) in [6.45, 7) is 0.394. The van der Waals surface area contributed by atoms with Gasteiger partial charge in [-0.05, 0) is 30.3 Å². The number of hydrogen-bond acceptors (Lipinski definition) is 5. The number of rotatable bonds is 5. The van der Waals surface area contributed by atoms with Crippen LogP contribution in [-0.2, 0) is 12.7 Å². The van der Waals surface area contributed by atoms with E-state index >= 15 is 0 Å². The third-order valence-corrected chi connectivity index (χ3v) is 3.63. The van der Waals surface area contributed by atoms with Crippen LogP contribution in [0.3, 0.4) is 0 Å². The van der Waals surface area contributed by atoms with E-state index < -0.39 is 11.7 Å². The largest absolute Gasteiger partial charge is 0.416 e. The van der Waals surface area contributed by atoms with Crippen LogP contribution < -0.4 is 10.6 Å². The van der Waals surface area contributed by atoms with Gasteiger partial charge in [-0.3, -0.25) is 4.98 Å². The molecule has 2 N–H and O–H groups in total. The quantitative estimate of drug-likeness (QED) is 0.660. The van der Waals surface area contributed by atoms with Crippen LogP contribution in [0, 0.1) is 0 Å². The highest BCUT2D eigenvalue weighted by Crippen LogP contribution is 2.32. The Morgan fingerprint density at radius 3 is 2.62 bits per heavy atom. The number of alkyl halides is 3. The molecule has 0 amide bonds. The van der Waals surface area contributed by atoms with Crippen molar-refractivity contribution in [1.29, 1.82) is 0 Å². The minimum absolute atomic E-state index is 0.186. The van der Waals surface area contributed by atoms with Crippen molar-refractivity contribution in [2.75, 3.05) is 10.6 Å². The van der Waals surface area contributed by atoms with Gasteiger partial charge in [0.1, 0.15) is 5.02 Å². The van der Waals surface area contributed by atoms with E-state index in [2.05, 4.69) is 25.6 Å². The van der Waals surface area contributed by atoms with Gasteiger partial charge in [0.2, 0.25) is 5.95 Å². The second kappa shape index (κ2) is 7.57. The van der Waals surface area contributed by atoms with Gasteiger partial charge in [0.25, 0.3) is 0 Å². The van der Waals surface area contributed by atoms with Crippen molar-refractivity contribution in [2.45, 2.75) is 12.7 Å². The van der Waals surface area contributed by atoms with E-state index in [0.717, 1.165) is 17.8 Å². The lowest BCUT2D eigenvalue weighted by molar-refractivity contribution is -0.137. The predicted molar refractivity (Wildman–Crippen MR) is 93.3 cm³/mol. The third kappa shape index (κ3) is 4.60. The highest BCUT2D eigenvalue weighted by molar-refractivity contribution is 6.32. The first kappa shape index (κ1) is 17.9. The van der Waals surface area contributed by atoms with E-state index in [1.165, 1.54) is 18.3 Å². The summed E-state index contributed by atoms with van der Waals surface area (Å²) in [5.74, 6) is 0.471. The Balaban J connectivity index is 1.76. The number of benzene rings is 1. The van der Waals surface area contributed by atoms with E-state index in [0.29, 0.717) is 6.54 Å². The minimum atomic E-state index is -4.43. The van der Waals surface area contributed by atoms with Crippen LogP contribution >= 0.6 is 11.6 Å². The first-order valence-corrected chi connectivity index (χ1v) is 7.90. The van der Waals surface area contributed by atoms with E-state index in [1.807, 2.05) is 12.1 Å². The lowest BCUT2D eigenvalue weighted by Crippen LogP contribution is -2.07. The molecule has 2 heterocycles. The summed E-state index contributed by atoms with van der Waals surface area (Å²) in [6, 6.07) is 10.3. The smallest absolute Gasteiger partial charge is 0.349 e. The molecule has 1 aromatic carbocycles. The molecule has 0 fully saturated rings. The van der Waals surface area contributed by atoms with Crippen molar-refractivity contribution in [3.05, 3.63) is 71.1 Å². The minimum Gasteiger partial charge on any atom is -0.349 e. The topological polar surface area (TPSA) is 62.7 Å². The van der Waals surface area contributed by atoms with Gasteiger partial charge in [-0.2, -0.15) is 18.2 Å². The number of anilines is 3. The Morgan fingerprint density at radius 2 is 1.88 bits per heavy atom. The van der Waals surface area contributed by atoms with Crippen molar-refractivity contribution < 1.29 is 13.2 Å². The van der Waals surface area contributed by atoms with Crippen LogP contribution in [0.15, 0.2) is 54.9 Å². The molecule has 0 aliphatic carbocycles. The van der Waals surface area contributed by atoms with Crippen LogP contribution in [0.4, 0.5) is 30.6 Å². The van der Waals surface area contributed by atoms with Gasteiger partial charge in [0.15, 0.2) is 5.82 Å². The summed E-state index contributed by atoms with van der Waals surface area (Å²) in [6.07, 6.45) is -1.39. The van der Waals surface area contributed by atoms with Gasteiger partial charge in [-0.25, -0.2) is 4.98 Å². The van der Waals surface area contributed by atoms with Gasteiger partial charge in [0, 0.05) is 11.9 Å². The van der Waals surface area contributed by atoms with Crippen LogP contribution in [0.1, 0.15) is 11.3 Å². The number of nitrogens with zero attached hydrogens (tertiary/aromatic N) is 3. The van der Waals surface area contributed by atoms with Gasteiger partial charge < -0.3 is 10.6 Å². The summed E-state index contributed by atoms with van der Waals surface area (Å²) >= 11 is 6.04. The van der Waals surface area contributed by atoms with Gasteiger partial charge in [0.05, 0.1) is 24.0 Å². The Hall–Kier alpha value is -2.87. The fraction of sp³-hybridized carbons (Fsp3) is 0.118. The molecule has 3 aromatic rings. The molecular weight excluding hydrogens is 367 g/mol. The molecule has 0 spiro atoms. The zero-order valence-electron chi connectivity index (χ0n) is 13.3. The molecule has 0 bridgehead atoms. The van der Waals surface area contributed by atoms with Crippen molar-refractivity contribution in [2.24, 2.45) is 0 Å². The zero-order chi connectivity index (χ0) is 18.6. The molecule has 9 heteroatoms. The maximum Gasteiger partial charge on any atom is 0.416 e. The van der Waals surface area contributed by atoms with Crippen molar-refractivity contribution >= 4 is 29.1 Å². The Morgan fingerprint density at radius 1 is 1.04 bits per heavy atom. The standard InChI is InChI=1S/C17H13ClF3N5/c18-14-10-24-16(23-9-13-5-1-2-7-22-13)26-15(14)25-12-6-3-4-11(8-12)17(19,20)21/h1-8,10H,9H2,(H2,23,24,25,26). The maximum atomic E-state index is 12.8. The SMILES string of the molecule is FC(F)(F)c1cccc(Nc2nc(NCc3ccccn3)ncc2Cl)c1. The number of halogens is 4. The summed E-state index contributed by atoms with van der Waals surface area (Å²) in [4.78, 5) is 12.4. The predicted octanol–water partition coefficient (Wildman–Crippen LogP) is 4.90. The second-order valence-corrected chi connectivity index (χ2v) is 5.68. The van der Waals surface area contributed by atoms with Crippen LogP contribution in [0.2, 0.25) is 5.02 Å². The monoisotopic (exact) mass is 379 g/mol. The fourth-order valence-electron chi connectivity index (χ4n) is 2.12. The maximum absolute atomic E-state index is 12.8. The molecule has 0 aliphatic heterocycles. The molecular formula is C17H13ClF3N5. The number of aromatic nitrogens is 3. The van der Waals surface area contributed by atoms with Crippen molar-refractivity contribution in [1.82, 2.24) is 15.0 Å². The van der Waals surface area contributed by atoms with E-state index in [9.17, 15) is 13.2 Å². The number of pyridine rings is 1. The molecule has 0 unspecified atom stereocenters. The molecule has 0 saturated heterocycles. The van der Waals surface area contributed by atoms with Crippen molar-refractivity contribution in [3.63, 3.8) is 0 Å². The molecule has 3 rings (SSSR count). The number of nitrogens with one attached hydrogen (secondary N) is 2. The molecule has 0 atom stereocenters. The van der Waals surface area contributed by atoms with Crippen LogP contribution in [-0.4, -0.2) is 15.0 Å². The second-order valence-electron chi connectivity index (χ2n) is 5.27. The van der Waals surface area contributed by atoms with Crippen molar-refractivity contribution in [3.8, 4) is 0 Å². The summed E-state index contributed by atoms with van der Waals surface area (Å²) in [5.41, 5.74) is 0.246. The number of hydrogen-bond donors (Lipinski definition) is 2. The average molecular weight is 380 g/mol. The lowest BCUT2D eigenvalue weighted by Gasteiger charge is -2.12. The normalized spacial score (nSPS) is 11.2. The van der Waals surface area contributed by atoms with E-state index in [1.54, 1.807) is 12.3 Å². The molecule has 2 aromatic heterocycles. The van der Waals surface area contributed by atoms with E-state index in [4.69, 9.17) is 11.6 Å². The molecule has 0 radical (unpaired) electrons. The Labute approximate surface area is 152 Å². The Kier molecular flexibility index (Phi) is 5.22. The molecule has 134 valence electrons. The highest BCUT2D eigenvalue weighted by Gasteiger charge is 2.30. The summed E-state index contributed by atoms with van der Waals surface area (Å²) < 4.78 is 38.4. The summed E-state index contributed by atoms with van der Waals surface area (Å²) in [7, 11) is 0. The van der Waals surface area contributed by atoms with Gasteiger partial charge in [-0.1, -0.05) is 23.7 Å². The average Bonchev–Trinajstić information content (AvgIpc) is 2.63. The molecule has 5 nitrogen and oxygen atoms in total. The van der Waals surface area contributed by atoms with E-state index in [-0.39, 0.29) is 22.5 Å². The molecule has 0 saturated carbocycles. The van der Waals surface area contributed by atoms with Gasteiger partial charge in [-0.15, -0.1) is 0 Å². The first-order valence-electron chi connectivity index (χ1n) is 7.52. The van der Waals surface area contributed by atoms with Crippen LogP contribution in [0.25, 0.3) is 0 Å². The fourth-order valence-corrected chi connectivity index (χ4v) is 2.26. The molecule has 0 aliphatic rings.